The van der Waals surface area contributed by atoms with E-state index in [0.717, 1.165) is 5.56 Å². The van der Waals surface area contributed by atoms with E-state index in [4.69, 9.17) is 21.8 Å². The van der Waals surface area contributed by atoms with E-state index in [1.807, 2.05) is 36.4 Å². The third kappa shape index (κ3) is 5.06. The molecule has 2 aliphatic heterocycles. The fraction of sp³-hybridized carbons (Fsp3) is 0.259. The molecule has 3 aromatic rings. The van der Waals surface area contributed by atoms with E-state index in [2.05, 4.69) is 21.2 Å². The van der Waals surface area contributed by atoms with Crippen LogP contribution in [0.3, 0.4) is 0 Å². The number of nitrogens with zero attached hydrogens (tertiary/aromatic N) is 2. The van der Waals surface area contributed by atoms with E-state index in [1.165, 1.54) is 11.1 Å². The number of halogens is 2. The Morgan fingerprint density at radius 1 is 1.19 bits per heavy atom. The van der Waals surface area contributed by atoms with Gasteiger partial charge in [-0.25, -0.2) is 14.2 Å². The minimum absolute atomic E-state index is 0.0812. The average molecular weight is 586 g/mol. The number of benzene rings is 3. The minimum atomic E-state index is -1.12. The number of nitrogens with one attached hydrogen (secondary N) is 1. The van der Waals surface area contributed by atoms with Crippen LogP contribution in [-0.4, -0.2) is 46.0 Å². The highest BCUT2D eigenvalue weighted by Gasteiger charge is 2.60. The molecule has 2 saturated heterocycles. The number of likely N-dealkylation sites (tertiary alicyclic amines) is 1. The van der Waals surface area contributed by atoms with Crippen LogP contribution in [0.25, 0.3) is 0 Å². The molecule has 37 heavy (non-hydrogen) atoms. The van der Waals surface area contributed by atoms with Gasteiger partial charge >= 0.3 is 6.09 Å². The van der Waals surface area contributed by atoms with Gasteiger partial charge in [-0.1, -0.05) is 76.6 Å². The van der Waals surface area contributed by atoms with Gasteiger partial charge in [-0.3, -0.25) is 4.84 Å². The SMILES string of the molecule is O=C(OCc1ccccc1)N1CC2CON(C(=S)NC(O)c3ccccc3)C2(c2cc(Br)ccc2F)C1. The Hall–Kier alpha value is -3.05. The molecule has 10 heteroatoms. The lowest BCUT2D eigenvalue weighted by Gasteiger charge is -2.38. The summed E-state index contributed by atoms with van der Waals surface area (Å²) >= 11 is 9.08. The monoisotopic (exact) mass is 585 g/mol. The number of rotatable bonds is 5. The predicted octanol–water partition coefficient (Wildman–Crippen LogP) is 4.86. The number of carbonyl (C=O) groups is 1. The molecule has 0 spiro atoms. The normalized spacial score (nSPS) is 21.4. The number of aliphatic hydroxyl groups is 1. The first-order chi connectivity index (χ1) is 17.9. The summed E-state index contributed by atoms with van der Waals surface area (Å²) in [5, 5.41) is 15.1. The van der Waals surface area contributed by atoms with Crippen molar-refractivity contribution < 1.29 is 23.9 Å². The maximum absolute atomic E-state index is 15.4. The molecule has 0 aromatic heterocycles. The first-order valence-corrected chi connectivity index (χ1v) is 13.0. The number of carbonyl (C=O) groups excluding carboxylic acids is 1. The third-order valence-corrected chi connectivity index (χ3v) is 7.51. The quantitative estimate of drug-likeness (QED) is 0.327. The Morgan fingerprint density at radius 3 is 2.62 bits per heavy atom. The molecule has 3 unspecified atom stereocenters. The van der Waals surface area contributed by atoms with Crippen molar-refractivity contribution in [2.24, 2.45) is 5.92 Å². The first-order valence-electron chi connectivity index (χ1n) is 11.8. The van der Waals surface area contributed by atoms with Gasteiger partial charge in [0.15, 0.2) is 11.3 Å². The van der Waals surface area contributed by atoms with Crippen LogP contribution in [0.4, 0.5) is 9.18 Å². The smallest absolute Gasteiger partial charge is 0.410 e. The fourth-order valence-corrected chi connectivity index (χ4v) is 5.62. The zero-order chi connectivity index (χ0) is 26.0. The van der Waals surface area contributed by atoms with Gasteiger partial charge < -0.3 is 20.1 Å². The van der Waals surface area contributed by atoms with Crippen molar-refractivity contribution >= 4 is 39.4 Å². The van der Waals surface area contributed by atoms with Crippen molar-refractivity contribution in [1.29, 1.82) is 0 Å². The van der Waals surface area contributed by atoms with Gasteiger partial charge in [-0.05, 0) is 36.0 Å². The van der Waals surface area contributed by atoms with E-state index in [9.17, 15) is 9.90 Å². The second-order valence-corrected chi connectivity index (χ2v) is 10.3. The van der Waals surface area contributed by atoms with Crippen molar-refractivity contribution in [3.05, 3.63) is 106 Å². The number of amides is 1. The third-order valence-electron chi connectivity index (χ3n) is 6.73. The fourth-order valence-electron chi connectivity index (χ4n) is 4.93. The lowest BCUT2D eigenvalue weighted by Crippen LogP contribution is -2.53. The van der Waals surface area contributed by atoms with E-state index in [0.29, 0.717) is 22.1 Å². The van der Waals surface area contributed by atoms with E-state index in [-0.39, 0.29) is 30.8 Å². The molecule has 2 aliphatic rings. The highest BCUT2D eigenvalue weighted by Crippen LogP contribution is 2.48. The van der Waals surface area contributed by atoms with Crippen molar-refractivity contribution in [2.75, 3.05) is 19.7 Å². The molecule has 5 rings (SSSR count). The van der Waals surface area contributed by atoms with Crippen molar-refractivity contribution in [3.8, 4) is 0 Å². The number of hydrogen-bond acceptors (Lipinski definition) is 5. The Morgan fingerprint density at radius 2 is 1.89 bits per heavy atom. The zero-order valence-electron chi connectivity index (χ0n) is 19.7. The summed E-state index contributed by atoms with van der Waals surface area (Å²) in [5.41, 5.74) is 0.690. The van der Waals surface area contributed by atoms with Crippen LogP contribution in [0.5, 0.6) is 0 Å². The molecule has 1 amide bonds. The lowest BCUT2D eigenvalue weighted by atomic mass is 9.81. The van der Waals surface area contributed by atoms with Crippen LogP contribution < -0.4 is 5.32 Å². The number of hydroxylamine groups is 2. The molecule has 2 N–H and O–H groups in total. The summed E-state index contributed by atoms with van der Waals surface area (Å²) in [7, 11) is 0. The molecular formula is C27H25BrFN3O4S. The van der Waals surface area contributed by atoms with Crippen LogP contribution in [0.15, 0.2) is 83.3 Å². The standard InChI is InChI=1S/C27H25BrFN3O4S/c28-21-11-12-23(29)22(13-21)27-17-31(26(34)35-15-18-7-3-1-4-8-18)14-20(27)16-36-32(27)25(37)30-24(33)19-9-5-2-6-10-19/h1-13,20,24,33H,14-17H2,(H,30,37). The highest BCUT2D eigenvalue weighted by atomic mass is 79.9. The summed E-state index contributed by atoms with van der Waals surface area (Å²) in [4.78, 5) is 20.6. The molecule has 3 atom stereocenters. The van der Waals surface area contributed by atoms with Crippen LogP contribution in [0.2, 0.25) is 0 Å². The summed E-state index contributed by atoms with van der Waals surface area (Å²) in [6, 6.07) is 23.0. The molecule has 0 saturated carbocycles. The van der Waals surface area contributed by atoms with Crippen LogP contribution >= 0.6 is 28.1 Å². The van der Waals surface area contributed by atoms with Gasteiger partial charge in [-0.15, -0.1) is 0 Å². The number of hydrogen-bond donors (Lipinski definition) is 2. The molecular weight excluding hydrogens is 561 g/mol. The van der Waals surface area contributed by atoms with Gasteiger partial charge in [0.2, 0.25) is 0 Å². The Bertz CT molecular complexity index is 1290. The summed E-state index contributed by atoms with van der Waals surface area (Å²) < 4.78 is 21.6. The largest absolute Gasteiger partial charge is 0.445 e. The Labute approximate surface area is 227 Å². The lowest BCUT2D eigenvalue weighted by molar-refractivity contribution is -0.107. The maximum atomic E-state index is 15.4. The number of ether oxygens (including phenoxy) is 1. The molecule has 2 heterocycles. The second kappa shape index (κ2) is 10.7. The summed E-state index contributed by atoms with van der Waals surface area (Å²) in [6.07, 6.45) is -1.61. The number of thiocarbonyl (C=S) groups is 1. The molecule has 7 nitrogen and oxygen atoms in total. The predicted molar refractivity (Wildman–Crippen MR) is 142 cm³/mol. The van der Waals surface area contributed by atoms with E-state index < -0.39 is 23.7 Å². The molecule has 0 aliphatic carbocycles. The van der Waals surface area contributed by atoms with Crippen LogP contribution in [0, 0.1) is 11.7 Å². The molecule has 2 fully saturated rings. The molecule has 3 aromatic carbocycles. The van der Waals surface area contributed by atoms with Crippen molar-refractivity contribution in [3.63, 3.8) is 0 Å². The average Bonchev–Trinajstić information content (AvgIpc) is 3.46. The van der Waals surface area contributed by atoms with Crippen LogP contribution in [-0.2, 0) is 21.7 Å². The van der Waals surface area contributed by atoms with Gasteiger partial charge in [0.05, 0.1) is 13.2 Å². The number of aliphatic hydroxyl groups excluding tert-OH is 1. The number of fused-ring (bicyclic) bond motifs is 1. The summed E-state index contributed by atoms with van der Waals surface area (Å²) in [5.74, 6) is -0.746. The van der Waals surface area contributed by atoms with Gasteiger partial charge in [0.1, 0.15) is 18.0 Å². The van der Waals surface area contributed by atoms with Crippen molar-refractivity contribution in [1.82, 2.24) is 15.3 Å². The molecule has 0 bridgehead atoms. The second-order valence-electron chi connectivity index (χ2n) is 9.02. The Balaban J connectivity index is 1.42. The zero-order valence-corrected chi connectivity index (χ0v) is 22.1. The van der Waals surface area contributed by atoms with Crippen LogP contribution in [0.1, 0.15) is 22.9 Å². The van der Waals surface area contributed by atoms with Gasteiger partial charge in [0.25, 0.3) is 0 Å². The molecule has 0 radical (unpaired) electrons. The topological polar surface area (TPSA) is 74.3 Å². The molecule has 192 valence electrons. The summed E-state index contributed by atoms with van der Waals surface area (Å²) in [6.45, 7) is 0.710. The van der Waals surface area contributed by atoms with Gasteiger partial charge in [-0.2, -0.15) is 0 Å². The maximum Gasteiger partial charge on any atom is 0.410 e. The Kier molecular flexibility index (Phi) is 7.43. The minimum Gasteiger partial charge on any atom is -0.445 e. The first kappa shape index (κ1) is 25.6. The van der Waals surface area contributed by atoms with E-state index in [1.54, 1.807) is 41.3 Å². The highest BCUT2D eigenvalue weighted by molar-refractivity contribution is 9.10. The van der Waals surface area contributed by atoms with Gasteiger partial charge in [0, 0.05) is 28.1 Å². The van der Waals surface area contributed by atoms with Crippen molar-refractivity contribution in [2.45, 2.75) is 18.4 Å². The van der Waals surface area contributed by atoms with E-state index >= 15 is 4.39 Å².